The van der Waals surface area contributed by atoms with Crippen molar-refractivity contribution in [3.8, 4) is 5.75 Å². The zero-order valence-electron chi connectivity index (χ0n) is 12.5. The van der Waals surface area contributed by atoms with Crippen LogP contribution in [0.3, 0.4) is 0 Å². The van der Waals surface area contributed by atoms with Gasteiger partial charge in [-0.3, -0.25) is 4.79 Å². The molecule has 1 aliphatic rings. The maximum absolute atomic E-state index is 12.1. The van der Waals surface area contributed by atoms with Gasteiger partial charge in [0, 0.05) is 12.1 Å². The third kappa shape index (κ3) is 2.74. The summed E-state index contributed by atoms with van der Waals surface area (Å²) in [6.07, 6.45) is 0.498. The molecule has 0 radical (unpaired) electrons. The van der Waals surface area contributed by atoms with Crippen LogP contribution < -0.4 is 10.3 Å². The number of carbonyl (C=O) groups is 1. The summed E-state index contributed by atoms with van der Waals surface area (Å²) in [4.78, 5) is 26.6. The number of fused-ring (bicyclic) bond motifs is 1. The number of pyridine rings is 1. The molecule has 0 bridgehead atoms. The molecule has 5 nitrogen and oxygen atoms in total. The van der Waals surface area contributed by atoms with Crippen molar-refractivity contribution in [1.82, 2.24) is 4.98 Å². The summed E-state index contributed by atoms with van der Waals surface area (Å²) in [7, 11) is 0. The SMILES string of the molecule is Cc1cc(C)c(C(=O)OCC2Cc3ccccc3O2)c(=O)[nH]1. The van der Waals surface area contributed by atoms with E-state index in [0.29, 0.717) is 17.7 Å². The standard InChI is InChI=1S/C17H17NO4/c1-10-7-11(2)18-16(19)15(10)17(20)21-9-13-8-12-5-3-4-6-14(12)22-13/h3-7,13H,8-9H2,1-2H3,(H,18,19). The lowest BCUT2D eigenvalue weighted by Crippen LogP contribution is -2.27. The van der Waals surface area contributed by atoms with Crippen LogP contribution in [0.15, 0.2) is 35.1 Å². The van der Waals surface area contributed by atoms with E-state index in [2.05, 4.69) is 4.98 Å². The molecule has 1 unspecified atom stereocenters. The molecule has 1 atom stereocenters. The monoisotopic (exact) mass is 299 g/mol. The van der Waals surface area contributed by atoms with Gasteiger partial charge >= 0.3 is 5.97 Å². The Balaban J connectivity index is 1.66. The minimum Gasteiger partial charge on any atom is -0.486 e. The van der Waals surface area contributed by atoms with E-state index in [4.69, 9.17) is 9.47 Å². The largest absolute Gasteiger partial charge is 0.486 e. The van der Waals surface area contributed by atoms with E-state index in [-0.39, 0.29) is 18.3 Å². The Morgan fingerprint density at radius 3 is 2.86 bits per heavy atom. The van der Waals surface area contributed by atoms with E-state index in [1.165, 1.54) is 0 Å². The van der Waals surface area contributed by atoms with E-state index in [1.54, 1.807) is 19.9 Å². The summed E-state index contributed by atoms with van der Waals surface area (Å²) in [5.74, 6) is 0.214. The summed E-state index contributed by atoms with van der Waals surface area (Å²) in [5, 5.41) is 0. The van der Waals surface area contributed by atoms with Crippen LogP contribution in [0.2, 0.25) is 0 Å². The molecule has 2 heterocycles. The summed E-state index contributed by atoms with van der Waals surface area (Å²) >= 11 is 0. The van der Waals surface area contributed by atoms with Gasteiger partial charge in [0.05, 0.1) is 0 Å². The maximum atomic E-state index is 12.1. The molecule has 1 aliphatic heterocycles. The van der Waals surface area contributed by atoms with Crippen LogP contribution in [0.5, 0.6) is 5.75 Å². The molecule has 3 rings (SSSR count). The van der Waals surface area contributed by atoms with Crippen molar-refractivity contribution >= 4 is 5.97 Å². The quantitative estimate of drug-likeness (QED) is 0.882. The van der Waals surface area contributed by atoms with E-state index >= 15 is 0 Å². The Kier molecular flexibility index (Phi) is 3.71. The highest BCUT2D eigenvalue weighted by Crippen LogP contribution is 2.28. The number of hydrogen-bond donors (Lipinski definition) is 1. The fourth-order valence-electron chi connectivity index (χ4n) is 2.70. The second kappa shape index (κ2) is 5.67. The molecule has 0 saturated carbocycles. The van der Waals surface area contributed by atoms with Gasteiger partial charge in [-0.1, -0.05) is 18.2 Å². The molecule has 1 aromatic heterocycles. The second-order valence-corrected chi connectivity index (χ2v) is 5.49. The average molecular weight is 299 g/mol. The number of H-pyrrole nitrogens is 1. The molecule has 0 aliphatic carbocycles. The Bertz CT molecular complexity index is 753. The van der Waals surface area contributed by atoms with Crippen molar-refractivity contribution in [2.75, 3.05) is 6.61 Å². The molecule has 0 amide bonds. The number of aromatic nitrogens is 1. The van der Waals surface area contributed by atoms with E-state index in [0.717, 1.165) is 11.3 Å². The number of carbonyl (C=O) groups excluding carboxylic acids is 1. The Morgan fingerprint density at radius 1 is 1.36 bits per heavy atom. The van der Waals surface area contributed by atoms with Gasteiger partial charge in [0.1, 0.15) is 24.0 Å². The number of esters is 1. The van der Waals surface area contributed by atoms with Crippen LogP contribution in [0, 0.1) is 13.8 Å². The van der Waals surface area contributed by atoms with Gasteiger partial charge in [-0.15, -0.1) is 0 Å². The van der Waals surface area contributed by atoms with Crippen LogP contribution in [0.25, 0.3) is 0 Å². The van der Waals surface area contributed by atoms with Crippen molar-refractivity contribution < 1.29 is 14.3 Å². The van der Waals surface area contributed by atoms with E-state index < -0.39 is 11.5 Å². The van der Waals surface area contributed by atoms with Gasteiger partial charge in [0.25, 0.3) is 5.56 Å². The highest BCUT2D eigenvalue weighted by atomic mass is 16.6. The lowest BCUT2D eigenvalue weighted by molar-refractivity contribution is 0.0344. The number of rotatable bonds is 3. The van der Waals surface area contributed by atoms with Crippen molar-refractivity contribution in [3.63, 3.8) is 0 Å². The van der Waals surface area contributed by atoms with Gasteiger partial charge in [0.2, 0.25) is 0 Å². The Hall–Kier alpha value is -2.56. The van der Waals surface area contributed by atoms with Gasteiger partial charge in [-0.2, -0.15) is 0 Å². The first kappa shape index (κ1) is 14.4. The first-order chi connectivity index (χ1) is 10.5. The third-order valence-electron chi connectivity index (χ3n) is 3.68. The predicted molar refractivity (Wildman–Crippen MR) is 81.4 cm³/mol. The number of para-hydroxylation sites is 1. The topological polar surface area (TPSA) is 68.4 Å². The lowest BCUT2D eigenvalue weighted by Gasteiger charge is -2.12. The zero-order valence-corrected chi connectivity index (χ0v) is 12.5. The van der Waals surface area contributed by atoms with Crippen LogP contribution in [-0.4, -0.2) is 23.7 Å². The maximum Gasteiger partial charge on any atom is 0.344 e. The molecule has 1 aromatic carbocycles. The summed E-state index contributed by atoms with van der Waals surface area (Å²) < 4.78 is 11.0. The lowest BCUT2D eigenvalue weighted by atomic mass is 10.1. The molecule has 0 fully saturated rings. The Morgan fingerprint density at radius 2 is 2.14 bits per heavy atom. The number of nitrogens with one attached hydrogen (secondary N) is 1. The van der Waals surface area contributed by atoms with Crippen molar-refractivity contribution in [2.24, 2.45) is 0 Å². The highest BCUT2D eigenvalue weighted by Gasteiger charge is 2.25. The number of aromatic amines is 1. The number of benzene rings is 1. The second-order valence-electron chi connectivity index (χ2n) is 5.49. The molecule has 0 saturated heterocycles. The molecule has 22 heavy (non-hydrogen) atoms. The summed E-state index contributed by atoms with van der Waals surface area (Å²) in [6, 6.07) is 9.49. The Labute approximate surface area is 127 Å². The third-order valence-corrected chi connectivity index (χ3v) is 3.68. The molecular weight excluding hydrogens is 282 g/mol. The van der Waals surface area contributed by atoms with Crippen LogP contribution in [-0.2, 0) is 11.2 Å². The van der Waals surface area contributed by atoms with Crippen LogP contribution in [0.1, 0.15) is 27.2 Å². The predicted octanol–water partition coefficient (Wildman–Crippen LogP) is 2.15. The van der Waals surface area contributed by atoms with Gasteiger partial charge in [-0.25, -0.2) is 4.79 Å². The minimum absolute atomic E-state index is 0.0566. The zero-order chi connectivity index (χ0) is 15.7. The van der Waals surface area contributed by atoms with Crippen LogP contribution >= 0.6 is 0 Å². The van der Waals surface area contributed by atoms with Crippen molar-refractivity contribution in [2.45, 2.75) is 26.4 Å². The smallest absolute Gasteiger partial charge is 0.344 e. The molecule has 2 aromatic rings. The van der Waals surface area contributed by atoms with Crippen molar-refractivity contribution in [1.29, 1.82) is 0 Å². The summed E-state index contributed by atoms with van der Waals surface area (Å²) in [5.41, 5.74) is 2.07. The minimum atomic E-state index is -0.613. The first-order valence-corrected chi connectivity index (χ1v) is 7.17. The van der Waals surface area contributed by atoms with Crippen LogP contribution in [0.4, 0.5) is 0 Å². The number of aryl methyl sites for hydroxylation is 2. The average Bonchev–Trinajstić information content (AvgIpc) is 2.86. The molecule has 1 N–H and O–H groups in total. The van der Waals surface area contributed by atoms with Gasteiger partial charge in [-0.05, 0) is 37.1 Å². The molecule has 0 spiro atoms. The number of hydrogen-bond acceptors (Lipinski definition) is 4. The summed E-state index contributed by atoms with van der Waals surface area (Å²) in [6.45, 7) is 3.62. The fraction of sp³-hybridized carbons (Fsp3) is 0.294. The fourth-order valence-corrected chi connectivity index (χ4v) is 2.70. The molecule has 114 valence electrons. The van der Waals surface area contributed by atoms with Gasteiger partial charge in [0.15, 0.2) is 0 Å². The molecule has 5 heteroatoms. The van der Waals surface area contributed by atoms with Gasteiger partial charge < -0.3 is 14.5 Å². The number of ether oxygens (including phenoxy) is 2. The normalized spacial score (nSPS) is 16.0. The van der Waals surface area contributed by atoms with Crippen molar-refractivity contribution in [3.05, 3.63) is 63.1 Å². The van der Waals surface area contributed by atoms with E-state index in [1.807, 2.05) is 24.3 Å². The molecular formula is C17H17NO4. The highest BCUT2D eigenvalue weighted by molar-refractivity contribution is 5.90. The first-order valence-electron chi connectivity index (χ1n) is 7.17. The van der Waals surface area contributed by atoms with E-state index in [9.17, 15) is 9.59 Å².